The maximum Gasteiger partial charge on any atom is 0.247 e. The van der Waals surface area contributed by atoms with Crippen LogP contribution in [0.1, 0.15) is 20.8 Å². The normalized spacial score (nSPS) is 13.1. The van der Waals surface area contributed by atoms with E-state index in [-0.39, 0.29) is 4.90 Å². The minimum absolute atomic E-state index is 0.112. The van der Waals surface area contributed by atoms with Crippen molar-refractivity contribution in [3.8, 4) is 0 Å². The zero-order valence-corrected chi connectivity index (χ0v) is 20.1. The van der Waals surface area contributed by atoms with E-state index in [4.69, 9.17) is 11.6 Å². The Morgan fingerprint density at radius 3 is 1.94 bits per heavy atom. The van der Waals surface area contributed by atoms with E-state index >= 15 is 0 Å². The number of hydrogen-bond acceptors (Lipinski definition) is 5. The Morgan fingerprint density at radius 1 is 0.968 bits per heavy atom. The summed E-state index contributed by atoms with van der Waals surface area (Å²) >= 11 is 5.87. The minimum Gasteiger partial charge on any atom is -0.324 e. The summed E-state index contributed by atoms with van der Waals surface area (Å²) < 4.78 is 52.1. The van der Waals surface area contributed by atoms with Crippen LogP contribution in [0.2, 0.25) is 5.02 Å². The van der Waals surface area contributed by atoms with Gasteiger partial charge in [-0.2, -0.15) is 4.31 Å². The number of rotatable bonds is 9. The molecule has 0 aliphatic heterocycles. The molecule has 0 saturated heterocycles. The van der Waals surface area contributed by atoms with Crippen LogP contribution in [0.4, 0.5) is 11.4 Å². The number of benzene rings is 2. The highest BCUT2D eigenvalue weighted by Gasteiger charge is 2.29. The first kappa shape index (κ1) is 25.1. The predicted octanol–water partition coefficient (Wildman–Crippen LogP) is 3.16. The molecule has 0 heterocycles. The van der Waals surface area contributed by atoms with Crippen LogP contribution >= 0.6 is 11.6 Å². The molecule has 170 valence electrons. The third-order valence-electron chi connectivity index (χ3n) is 4.63. The van der Waals surface area contributed by atoms with Gasteiger partial charge in [0.05, 0.1) is 16.8 Å². The minimum atomic E-state index is -3.76. The molecule has 0 unspecified atom stereocenters. The molecular weight excluding hydrogens is 462 g/mol. The van der Waals surface area contributed by atoms with Crippen LogP contribution in [0, 0.1) is 0 Å². The maximum absolute atomic E-state index is 12.8. The molecule has 0 aliphatic rings. The van der Waals surface area contributed by atoms with Crippen LogP contribution in [-0.4, -0.2) is 52.4 Å². The predicted molar refractivity (Wildman–Crippen MR) is 123 cm³/mol. The zero-order chi connectivity index (χ0) is 23.4. The summed E-state index contributed by atoms with van der Waals surface area (Å²) in [5, 5.41) is 3.07. The standard InChI is InChI=1S/C20H26ClN3O5S2/c1-5-23(6-2)31(28,29)19-13-9-17(10-14-19)22-20(25)15(3)24(30(4,26)27)18-11-7-16(21)8-12-18/h7-15H,5-6H2,1-4H3,(H,22,25)/t15-/m1/s1. The summed E-state index contributed by atoms with van der Waals surface area (Å²) in [5.41, 5.74) is 0.648. The molecular formula is C20H26ClN3O5S2. The van der Waals surface area contributed by atoms with Gasteiger partial charge in [0, 0.05) is 23.8 Å². The molecule has 0 radical (unpaired) electrons. The molecule has 1 N–H and O–H groups in total. The molecule has 0 spiro atoms. The second-order valence-electron chi connectivity index (χ2n) is 6.81. The highest BCUT2D eigenvalue weighted by Crippen LogP contribution is 2.24. The molecule has 8 nitrogen and oxygen atoms in total. The number of hydrogen-bond donors (Lipinski definition) is 1. The average Bonchev–Trinajstić information content (AvgIpc) is 2.69. The van der Waals surface area contributed by atoms with Gasteiger partial charge in [-0.25, -0.2) is 16.8 Å². The van der Waals surface area contributed by atoms with Crippen molar-refractivity contribution in [2.24, 2.45) is 0 Å². The number of carbonyl (C=O) groups is 1. The molecule has 0 fully saturated rings. The smallest absolute Gasteiger partial charge is 0.247 e. The fourth-order valence-electron chi connectivity index (χ4n) is 3.07. The van der Waals surface area contributed by atoms with E-state index in [2.05, 4.69) is 5.32 Å². The molecule has 0 aromatic heterocycles. The fraction of sp³-hybridized carbons (Fsp3) is 0.350. The Bertz CT molecular complexity index is 1110. The Balaban J connectivity index is 2.24. The third-order valence-corrected chi connectivity index (χ3v) is 8.19. The lowest BCUT2D eigenvalue weighted by Gasteiger charge is -2.28. The van der Waals surface area contributed by atoms with Gasteiger partial charge in [0.1, 0.15) is 6.04 Å². The summed E-state index contributed by atoms with van der Waals surface area (Å²) in [6.07, 6.45) is 1.01. The number of anilines is 2. The summed E-state index contributed by atoms with van der Waals surface area (Å²) in [6.45, 7) is 5.67. The second-order valence-corrected chi connectivity index (χ2v) is 11.0. The number of nitrogens with zero attached hydrogens (tertiary/aromatic N) is 2. The van der Waals surface area contributed by atoms with Gasteiger partial charge in [-0.3, -0.25) is 9.10 Å². The van der Waals surface area contributed by atoms with Crippen LogP contribution in [0.3, 0.4) is 0 Å². The maximum atomic E-state index is 12.8. The van der Waals surface area contributed by atoms with Crippen molar-refractivity contribution < 1.29 is 21.6 Å². The molecule has 2 rings (SSSR count). The van der Waals surface area contributed by atoms with E-state index in [0.29, 0.717) is 29.5 Å². The van der Waals surface area contributed by atoms with Crippen molar-refractivity contribution in [2.45, 2.75) is 31.7 Å². The Kier molecular flexibility index (Phi) is 8.09. The lowest BCUT2D eigenvalue weighted by atomic mass is 10.2. The molecule has 1 amide bonds. The SMILES string of the molecule is CCN(CC)S(=O)(=O)c1ccc(NC(=O)[C@@H](C)N(c2ccc(Cl)cc2)S(C)(=O)=O)cc1. The van der Waals surface area contributed by atoms with Crippen LogP contribution in [0.5, 0.6) is 0 Å². The summed E-state index contributed by atoms with van der Waals surface area (Å²) in [7, 11) is -7.38. The number of nitrogens with one attached hydrogen (secondary N) is 1. The number of carbonyl (C=O) groups excluding carboxylic acids is 1. The van der Waals surface area contributed by atoms with Crippen LogP contribution in [0.15, 0.2) is 53.4 Å². The molecule has 0 bridgehead atoms. The molecule has 0 aliphatic carbocycles. The first-order valence-corrected chi connectivity index (χ1v) is 13.2. The third kappa shape index (κ3) is 5.97. The monoisotopic (exact) mass is 487 g/mol. The zero-order valence-electron chi connectivity index (χ0n) is 17.7. The Labute approximate surface area is 188 Å². The van der Waals surface area contributed by atoms with Crippen molar-refractivity contribution in [2.75, 3.05) is 29.0 Å². The largest absolute Gasteiger partial charge is 0.324 e. The van der Waals surface area contributed by atoms with Gasteiger partial charge in [-0.1, -0.05) is 25.4 Å². The fourth-order valence-corrected chi connectivity index (χ4v) is 5.83. The summed E-state index contributed by atoms with van der Waals surface area (Å²) in [6, 6.07) is 10.8. The molecule has 1 atom stereocenters. The first-order valence-electron chi connectivity index (χ1n) is 9.57. The summed E-state index contributed by atoms with van der Waals surface area (Å²) in [5.74, 6) is -0.570. The van der Waals surface area contributed by atoms with Crippen molar-refractivity contribution in [3.63, 3.8) is 0 Å². The first-order chi connectivity index (χ1) is 14.4. The number of amides is 1. The van der Waals surface area contributed by atoms with Crippen molar-refractivity contribution in [1.29, 1.82) is 0 Å². The highest BCUT2D eigenvalue weighted by molar-refractivity contribution is 7.92. The van der Waals surface area contributed by atoms with Gasteiger partial charge < -0.3 is 5.32 Å². The van der Waals surface area contributed by atoms with Crippen LogP contribution in [-0.2, 0) is 24.8 Å². The van der Waals surface area contributed by atoms with Gasteiger partial charge in [0.25, 0.3) is 0 Å². The average molecular weight is 488 g/mol. The van der Waals surface area contributed by atoms with Crippen molar-refractivity contribution in [1.82, 2.24) is 4.31 Å². The van der Waals surface area contributed by atoms with Crippen molar-refractivity contribution in [3.05, 3.63) is 53.6 Å². The number of halogens is 1. The number of sulfonamides is 2. The highest BCUT2D eigenvalue weighted by atomic mass is 35.5. The molecule has 31 heavy (non-hydrogen) atoms. The van der Waals surface area contributed by atoms with Gasteiger partial charge in [-0.05, 0) is 55.5 Å². The molecule has 2 aromatic carbocycles. The van der Waals surface area contributed by atoms with Crippen LogP contribution in [0.25, 0.3) is 0 Å². The van der Waals surface area contributed by atoms with Gasteiger partial charge in [0.2, 0.25) is 26.0 Å². The van der Waals surface area contributed by atoms with E-state index in [1.165, 1.54) is 59.8 Å². The van der Waals surface area contributed by atoms with E-state index in [1.54, 1.807) is 13.8 Å². The quantitative estimate of drug-likeness (QED) is 0.585. The van der Waals surface area contributed by atoms with Gasteiger partial charge in [-0.15, -0.1) is 0 Å². The van der Waals surface area contributed by atoms with E-state index in [9.17, 15) is 21.6 Å². The molecule has 0 saturated carbocycles. The Hall–Kier alpha value is -2.14. The van der Waals surface area contributed by atoms with Crippen LogP contribution < -0.4 is 9.62 Å². The van der Waals surface area contributed by atoms with E-state index < -0.39 is 32.0 Å². The van der Waals surface area contributed by atoms with E-state index in [1.807, 2.05) is 0 Å². The lowest BCUT2D eigenvalue weighted by molar-refractivity contribution is -0.116. The van der Waals surface area contributed by atoms with Gasteiger partial charge >= 0.3 is 0 Å². The lowest BCUT2D eigenvalue weighted by Crippen LogP contribution is -2.45. The topological polar surface area (TPSA) is 104 Å². The van der Waals surface area contributed by atoms with Gasteiger partial charge in [0.15, 0.2) is 0 Å². The molecule has 11 heteroatoms. The summed E-state index contributed by atoms with van der Waals surface area (Å²) in [4.78, 5) is 12.9. The second kappa shape index (κ2) is 9.99. The van der Waals surface area contributed by atoms with E-state index in [0.717, 1.165) is 10.6 Å². The Morgan fingerprint density at radius 2 is 1.48 bits per heavy atom. The van der Waals surface area contributed by atoms with Crippen molar-refractivity contribution >= 4 is 48.9 Å². The molecule has 2 aromatic rings.